The summed E-state index contributed by atoms with van der Waals surface area (Å²) in [5.74, 6) is 2.32. The van der Waals surface area contributed by atoms with Gasteiger partial charge in [0.15, 0.2) is 0 Å². The molecule has 1 rings (SSSR count). The Kier molecular flexibility index (Phi) is 5.35. The van der Waals surface area contributed by atoms with Gasteiger partial charge in [0.05, 0.1) is 0 Å². The number of benzene rings is 1. The molecule has 0 radical (unpaired) electrons. The monoisotopic (exact) mass is 344 g/mol. The van der Waals surface area contributed by atoms with E-state index >= 15 is 0 Å². The van der Waals surface area contributed by atoms with Gasteiger partial charge in [-0.3, -0.25) is 0 Å². The summed E-state index contributed by atoms with van der Waals surface area (Å²) in [6.45, 7) is 2.30. The fourth-order valence-corrected chi connectivity index (χ4v) is 5.21. The maximum atomic E-state index is 2.33. The summed E-state index contributed by atoms with van der Waals surface area (Å²) in [4.78, 5) is 0. The number of rotatable bonds is 4. The number of hydrogen-bond donors (Lipinski definition) is 0. The van der Waals surface area contributed by atoms with E-state index in [1.54, 1.807) is 9.17 Å². The van der Waals surface area contributed by atoms with Crippen LogP contribution in [-0.4, -0.2) is 35.9 Å². The summed E-state index contributed by atoms with van der Waals surface area (Å²) in [6.07, 6.45) is 0. The molecule has 0 amide bonds. The third kappa shape index (κ3) is 3.11. The van der Waals surface area contributed by atoms with Gasteiger partial charge in [0, 0.05) is 0 Å². The molecule has 0 heterocycles. The molecule has 0 atom stereocenters. The standard InChI is InChI=1S/C10H14SeTe/c1-3-12-10-7-5-4-6-9(10)8-11-2/h4-7H,3,8H2,1-2H3. The molecule has 0 aliphatic carbocycles. The van der Waals surface area contributed by atoms with Crippen molar-refractivity contribution in [3.8, 4) is 0 Å². The molecule has 2 heteroatoms. The average Bonchev–Trinajstić information content (AvgIpc) is 2.09. The summed E-state index contributed by atoms with van der Waals surface area (Å²) in [7, 11) is 0. The molecular formula is C10H14SeTe. The van der Waals surface area contributed by atoms with Crippen molar-refractivity contribution in [3.63, 3.8) is 0 Å². The Bertz CT molecular complexity index is 210. The molecule has 66 valence electrons. The van der Waals surface area contributed by atoms with Crippen LogP contribution in [0.25, 0.3) is 0 Å². The first-order valence-electron chi connectivity index (χ1n) is 4.08. The quantitative estimate of drug-likeness (QED) is 0.732. The predicted octanol–water partition coefficient (Wildman–Crippen LogP) is 1.71. The van der Waals surface area contributed by atoms with E-state index in [-0.39, 0.29) is 20.9 Å². The zero-order valence-electron chi connectivity index (χ0n) is 7.54. The molecule has 0 fully saturated rings. The van der Waals surface area contributed by atoms with Crippen LogP contribution in [0.1, 0.15) is 12.5 Å². The zero-order chi connectivity index (χ0) is 8.81. The second-order valence-corrected chi connectivity index (χ2v) is 8.02. The molecule has 0 bridgehead atoms. The Morgan fingerprint density at radius 2 is 2.08 bits per heavy atom. The Labute approximate surface area is 91.4 Å². The fourth-order valence-electron chi connectivity index (χ4n) is 1.07. The van der Waals surface area contributed by atoms with Gasteiger partial charge < -0.3 is 0 Å². The SMILES string of the molecule is CC[Te]c1ccccc1C[Se]C. The molecule has 12 heavy (non-hydrogen) atoms. The van der Waals surface area contributed by atoms with Crippen LogP contribution >= 0.6 is 0 Å². The zero-order valence-corrected chi connectivity index (χ0v) is 11.6. The van der Waals surface area contributed by atoms with E-state index in [4.69, 9.17) is 0 Å². The van der Waals surface area contributed by atoms with Gasteiger partial charge in [-0.15, -0.1) is 0 Å². The molecule has 0 N–H and O–H groups in total. The fraction of sp³-hybridized carbons (Fsp3) is 0.400. The van der Waals surface area contributed by atoms with E-state index < -0.39 is 0 Å². The number of hydrogen-bond acceptors (Lipinski definition) is 0. The summed E-state index contributed by atoms with van der Waals surface area (Å²) >= 11 is 0.924. The first-order valence-corrected chi connectivity index (χ1v) is 9.82. The van der Waals surface area contributed by atoms with E-state index in [1.165, 1.54) is 9.79 Å². The van der Waals surface area contributed by atoms with Gasteiger partial charge >= 0.3 is 91.9 Å². The summed E-state index contributed by atoms with van der Waals surface area (Å²) in [5.41, 5.74) is 1.63. The van der Waals surface area contributed by atoms with Crippen LogP contribution in [0, 0.1) is 0 Å². The molecule has 0 nitrogen and oxygen atoms in total. The van der Waals surface area contributed by atoms with Gasteiger partial charge in [0.2, 0.25) is 0 Å². The molecule has 0 unspecified atom stereocenters. The van der Waals surface area contributed by atoms with Crippen LogP contribution in [0.5, 0.6) is 0 Å². The maximum absolute atomic E-state index is 2.33. The van der Waals surface area contributed by atoms with Crippen molar-refractivity contribution in [1.29, 1.82) is 0 Å². The molecular weight excluding hydrogens is 327 g/mol. The van der Waals surface area contributed by atoms with Crippen molar-refractivity contribution in [2.24, 2.45) is 0 Å². The van der Waals surface area contributed by atoms with E-state index in [1.807, 2.05) is 0 Å². The minimum atomic E-state index is 0.135. The summed E-state index contributed by atoms with van der Waals surface area (Å²) in [6, 6.07) is 8.99. The van der Waals surface area contributed by atoms with Crippen molar-refractivity contribution >= 4 is 39.5 Å². The topological polar surface area (TPSA) is 0 Å². The van der Waals surface area contributed by atoms with Gasteiger partial charge in [-0.2, -0.15) is 0 Å². The Morgan fingerprint density at radius 1 is 1.33 bits per heavy atom. The molecule has 1 aromatic carbocycles. The first-order chi connectivity index (χ1) is 5.88. The van der Waals surface area contributed by atoms with Crippen molar-refractivity contribution < 1.29 is 0 Å². The predicted molar refractivity (Wildman–Crippen MR) is 57.6 cm³/mol. The average molecular weight is 341 g/mol. The van der Waals surface area contributed by atoms with Crippen molar-refractivity contribution in [2.45, 2.75) is 22.5 Å². The molecule has 0 saturated carbocycles. The van der Waals surface area contributed by atoms with Crippen molar-refractivity contribution in [3.05, 3.63) is 29.8 Å². The molecule has 0 saturated heterocycles. The minimum absolute atomic E-state index is 0.135. The second-order valence-electron chi connectivity index (χ2n) is 2.47. The third-order valence-corrected chi connectivity index (χ3v) is 5.68. The summed E-state index contributed by atoms with van der Waals surface area (Å²) < 4.78 is 3.08. The second kappa shape index (κ2) is 6.05. The van der Waals surface area contributed by atoms with E-state index in [0.29, 0.717) is 0 Å². The summed E-state index contributed by atoms with van der Waals surface area (Å²) in [5, 5.41) is 1.33. The normalized spacial score (nSPS) is 10.2. The van der Waals surface area contributed by atoms with Crippen LogP contribution in [0.3, 0.4) is 0 Å². The van der Waals surface area contributed by atoms with E-state index in [9.17, 15) is 0 Å². The van der Waals surface area contributed by atoms with Gasteiger partial charge in [0.1, 0.15) is 0 Å². The van der Waals surface area contributed by atoms with E-state index in [0.717, 1.165) is 15.0 Å². The Balaban J connectivity index is 2.77. The Morgan fingerprint density at radius 3 is 2.75 bits per heavy atom. The molecule has 0 aliphatic heterocycles. The van der Waals surface area contributed by atoms with Crippen LogP contribution < -0.4 is 3.61 Å². The van der Waals surface area contributed by atoms with Crippen LogP contribution in [0.2, 0.25) is 10.3 Å². The van der Waals surface area contributed by atoms with Crippen LogP contribution in [0.15, 0.2) is 24.3 Å². The van der Waals surface area contributed by atoms with Crippen LogP contribution in [-0.2, 0) is 5.32 Å². The van der Waals surface area contributed by atoms with Gasteiger partial charge in [0.25, 0.3) is 0 Å². The molecule has 0 aromatic heterocycles. The Hall–Kier alpha value is 0.529. The third-order valence-electron chi connectivity index (χ3n) is 1.57. The van der Waals surface area contributed by atoms with Gasteiger partial charge in [-0.05, 0) is 0 Å². The first kappa shape index (κ1) is 10.6. The van der Waals surface area contributed by atoms with Crippen molar-refractivity contribution in [1.82, 2.24) is 0 Å². The van der Waals surface area contributed by atoms with E-state index in [2.05, 4.69) is 37.0 Å². The molecule has 0 spiro atoms. The van der Waals surface area contributed by atoms with Crippen LogP contribution in [0.4, 0.5) is 0 Å². The molecule has 0 aliphatic rings. The molecule has 1 aromatic rings. The van der Waals surface area contributed by atoms with Gasteiger partial charge in [-0.1, -0.05) is 0 Å². The van der Waals surface area contributed by atoms with Crippen molar-refractivity contribution in [2.75, 3.05) is 0 Å². The van der Waals surface area contributed by atoms with Gasteiger partial charge in [-0.25, -0.2) is 0 Å².